The third kappa shape index (κ3) is 4.96. The van der Waals surface area contributed by atoms with Crippen LogP contribution in [0.2, 0.25) is 0 Å². The maximum atomic E-state index is 9.35. The Morgan fingerprint density at radius 1 is 1.13 bits per heavy atom. The second-order valence-electron chi connectivity index (χ2n) is 4.33. The summed E-state index contributed by atoms with van der Waals surface area (Å²) in [5.74, 6) is 0. The topological polar surface area (TPSA) is 32.7 Å². The van der Waals surface area contributed by atoms with Crippen LogP contribution in [0.1, 0.15) is 39.5 Å². The molecule has 0 atom stereocenters. The predicted molar refractivity (Wildman–Crippen MR) is 62.0 cm³/mol. The van der Waals surface area contributed by atoms with Crippen molar-refractivity contribution in [2.45, 2.75) is 51.7 Å². The lowest BCUT2D eigenvalue weighted by Crippen LogP contribution is -2.30. The van der Waals surface area contributed by atoms with Crippen molar-refractivity contribution in [2.24, 2.45) is 0 Å². The molecule has 0 unspecified atom stereocenters. The van der Waals surface area contributed by atoms with Gasteiger partial charge < -0.3 is 14.7 Å². The van der Waals surface area contributed by atoms with Crippen molar-refractivity contribution in [1.82, 2.24) is 4.90 Å². The van der Waals surface area contributed by atoms with Crippen LogP contribution in [0.5, 0.6) is 0 Å². The van der Waals surface area contributed by atoms with Crippen LogP contribution in [0.4, 0.5) is 0 Å². The van der Waals surface area contributed by atoms with Crippen molar-refractivity contribution in [3.63, 3.8) is 0 Å². The zero-order valence-corrected chi connectivity index (χ0v) is 10.1. The van der Waals surface area contributed by atoms with Crippen LogP contribution < -0.4 is 0 Å². The van der Waals surface area contributed by atoms with Crippen molar-refractivity contribution >= 4 is 0 Å². The molecule has 1 N–H and O–H groups in total. The van der Waals surface area contributed by atoms with Gasteiger partial charge in [0.1, 0.15) is 0 Å². The van der Waals surface area contributed by atoms with Gasteiger partial charge >= 0.3 is 0 Å². The highest BCUT2D eigenvalue weighted by atomic mass is 16.5. The third-order valence-corrected chi connectivity index (χ3v) is 3.30. The molecular formula is C12H25NO2. The summed E-state index contributed by atoms with van der Waals surface area (Å²) in [6, 6.07) is 0. The van der Waals surface area contributed by atoms with E-state index >= 15 is 0 Å². The van der Waals surface area contributed by atoms with Gasteiger partial charge in [-0.1, -0.05) is 13.8 Å². The van der Waals surface area contributed by atoms with Gasteiger partial charge in [0, 0.05) is 6.54 Å². The first-order valence-electron chi connectivity index (χ1n) is 6.28. The second-order valence-corrected chi connectivity index (χ2v) is 4.33. The maximum absolute atomic E-state index is 9.35. The standard InChI is InChI=1S/C12H25NO2/c1-3-13(4-2)9-10-15-12-7-5-11(14)6-8-12/h11-12,14H,3-10H2,1-2H3. The molecular weight excluding hydrogens is 190 g/mol. The van der Waals surface area contributed by atoms with Crippen LogP contribution in [-0.2, 0) is 4.74 Å². The number of nitrogens with zero attached hydrogens (tertiary/aromatic N) is 1. The van der Waals surface area contributed by atoms with E-state index in [1.165, 1.54) is 0 Å². The fourth-order valence-corrected chi connectivity index (χ4v) is 2.10. The van der Waals surface area contributed by atoms with Gasteiger partial charge in [-0.25, -0.2) is 0 Å². The maximum Gasteiger partial charge on any atom is 0.0597 e. The molecule has 15 heavy (non-hydrogen) atoms. The number of likely N-dealkylation sites (N-methyl/N-ethyl adjacent to an activating group) is 1. The summed E-state index contributed by atoms with van der Waals surface area (Å²) >= 11 is 0. The molecule has 0 heterocycles. The number of aliphatic hydroxyl groups is 1. The summed E-state index contributed by atoms with van der Waals surface area (Å²) in [5.41, 5.74) is 0. The van der Waals surface area contributed by atoms with E-state index in [0.29, 0.717) is 6.10 Å². The Balaban J connectivity index is 2.04. The van der Waals surface area contributed by atoms with Gasteiger partial charge in [-0.3, -0.25) is 0 Å². The summed E-state index contributed by atoms with van der Waals surface area (Å²) in [5, 5.41) is 9.35. The highest BCUT2D eigenvalue weighted by Gasteiger charge is 2.19. The lowest BCUT2D eigenvalue weighted by atomic mass is 9.95. The van der Waals surface area contributed by atoms with Gasteiger partial charge in [-0.2, -0.15) is 0 Å². The molecule has 1 aliphatic rings. The van der Waals surface area contributed by atoms with Crippen molar-refractivity contribution in [1.29, 1.82) is 0 Å². The molecule has 0 aromatic heterocycles. The summed E-state index contributed by atoms with van der Waals surface area (Å²) in [4.78, 5) is 2.37. The molecule has 1 aliphatic carbocycles. The first-order chi connectivity index (χ1) is 7.26. The van der Waals surface area contributed by atoms with Crippen molar-refractivity contribution in [3.8, 4) is 0 Å². The molecule has 3 nitrogen and oxygen atoms in total. The van der Waals surface area contributed by atoms with Gasteiger partial charge in [0.2, 0.25) is 0 Å². The Hall–Kier alpha value is -0.120. The molecule has 0 spiro atoms. The third-order valence-electron chi connectivity index (χ3n) is 3.30. The zero-order valence-electron chi connectivity index (χ0n) is 10.1. The van der Waals surface area contributed by atoms with Gasteiger partial charge in [0.15, 0.2) is 0 Å². The number of aliphatic hydroxyl groups excluding tert-OH is 1. The fourth-order valence-electron chi connectivity index (χ4n) is 2.10. The quantitative estimate of drug-likeness (QED) is 0.731. The SMILES string of the molecule is CCN(CC)CCOC1CCC(O)CC1. The van der Waals surface area contributed by atoms with Crippen LogP contribution in [-0.4, -0.2) is 48.5 Å². The van der Waals surface area contributed by atoms with Crippen molar-refractivity contribution in [2.75, 3.05) is 26.2 Å². The Morgan fingerprint density at radius 2 is 1.73 bits per heavy atom. The van der Waals surface area contributed by atoms with Crippen LogP contribution >= 0.6 is 0 Å². The summed E-state index contributed by atoms with van der Waals surface area (Å²) in [6.45, 7) is 8.43. The molecule has 0 aliphatic heterocycles. The Bertz CT molecular complexity index is 152. The smallest absolute Gasteiger partial charge is 0.0597 e. The van der Waals surface area contributed by atoms with E-state index < -0.39 is 0 Å². The Kier molecular flexibility index (Phi) is 6.22. The molecule has 1 fully saturated rings. The first kappa shape index (κ1) is 12.9. The molecule has 90 valence electrons. The van der Waals surface area contributed by atoms with E-state index in [4.69, 9.17) is 4.74 Å². The minimum atomic E-state index is -0.0763. The summed E-state index contributed by atoms with van der Waals surface area (Å²) in [7, 11) is 0. The van der Waals surface area contributed by atoms with E-state index in [0.717, 1.165) is 51.9 Å². The number of hydrogen-bond acceptors (Lipinski definition) is 3. The van der Waals surface area contributed by atoms with E-state index in [9.17, 15) is 5.11 Å². The van der Waals surface area contributed by atoms with E-state index in [-0.39, 0.29) is 6.10 Å². The fraction of sp³-hybridized carbons (Fsp3) is 1.00. The number of ether oxygens (including phenoxy) is 1. The van der Waals surface area contributed by atoms with Gasteiger partial charge in [0.25, 0.3) is 0 Å². The molecule has 1 saturated carbocycles. The summed E-state index contributed by atoms with van der Waals surface area (Å²) in [6.07, 6.45) is 4.20. The minimum absolute atomic E-state index is 0.0763. The van der Waals surface area contributed by atoms with Gasteiger partial charge in [-0.15, -0.1) is 0 Å². The second kappa shape index (κ2) is 7.20. The lowest BCUT2D eigenvalue weighted by molar-refractivity contribution is -0.00989. The molecule has 0 radical (unpaired) electrons. The Morgan fingerprint density at radius 3 is 2.27 bits per heavy atom. The monoisotopic (exact) mass is 215 g/mol. The highest BCUT2D eigenvalue weighted by molar-refractivity contribution is 4.71. The summed E-state index contributed by atoms with van der Waals surface area (Å²) < 4.78 is 5.81. The largest absolute Gasteiger partial charge is 0.393 e. The Labute approximate surface area is 93.4 Å². The first-order valence-corrected chi connectivity index (χ1v) is 6.28. The molecule has 0 aromatic carbocycles. The van der Waals surface area contributed by atoms with Crippen LogP contribution in [0.25, 0.3) is 0 Å². The van der Waals surface area contributed by atoms with Crippen molar-refractivity contribution in [3.05, 3.63) is 0 Å². The minimum Gasteiger partial charge on any atom is -0.393 e. The lowest BCUT2D eigenvalue weighted by Gasteiger charge is -2.26. The number of hydrogen-bond donors (Lipinski definition) is 1. The average Bonchev–Trinajstić information content (AvgIpc) is 2.27. The van der Waals surface area contributed by atoms with E-state index in [1.54, 1.807) is 0 Å². The highest BCUT2D eigenvalue weighted by Crippen LogP contribution is 2.20. The van der Waals surface area contributed by atoms with Crippen LogP contribution in [0.15, 0.2) is 0 Å². The normalized spacial score (nSPS) is 27.2. The van der Waals surface area contributed by atoms with E-state index in [2.05, 4.69) is 18.7 Å². The average molecular weight is 215 g/mol. The molecule has 0 bridgehead atoms. The molecule has 0 amide bonds. The van der Waals surface area contributed by atoms with Gasteiger partial charge in [0.05, 0.1) is 18.8 Å². The molecule has 0 saturated heterocycles. The number of rotatable bonds is 6. The van der Waals surface area contributed by atoms with Crippen LogP contribution in [0.3, 0.4) is 0 Å². The van der Waals surface area contributed by atoms with Gasteiger partial charge in [-0.05, 0) is 38.8 Å². The zero-order chi connectivity index (χ0) is 11.1. The molecule has 0 aromatic rings. The van der Waals surface area contributed by atoms with E-state index in [1.807, 2.05) is 0 Å². The van der Waals surface area contributed by atoms with Crippen LogP contribution in [0, 0.1) is 0 Å². The van der Waals surface area contributed by atoms with Crippen molar-refractivity contribution < 1.29 is 9.84 Å². The predicted octanol–water partition coefficient (Wildman–Crippen LogP) is 1.65. The molecule has 1 rings (SSSR count). The molecule has 3 heteroatoms.